The second-order valence-corrected chi connectivity index (χ2v) is 3.62. The van der Waals surface area contributed by atoms with Crippen molar-refractivity contribution in [1.29, 1.82) is 0 Å². The summed E-state index contributed by atoms with van der Waals surface area (Å²) in [5.41, 5.74) is 3.85. The van der Waals surface area contributed by atoms with E-state index >= 15 is 0 Å². The summed E-state index contributed by atoms with van der Waals surface area (Å²) in [5.74, 6) is 0. The standard InChI is InChI=1S/C13H14N/c1-11-4-3-5-13(10-11)12-6-8-14(2)9-7-12/h3-10H,1-2H3/q+1. The molecule has 0 amide bonds. The van der Waals surface area contributed by atoms with E-state index in [0.717, 1.165) is 0 Å². The van der Waals surface area contributed by atoms with Crippen LogP contribution >= 0.6 is 0 Å². The molecule has 70 valence electrons. The van der Waals surface area contributed by atoms with Gasteiger partial charge in [0.2, 0.25) is 0 Å². The molecule has 2 rings (SSSR count). The molecule has 0 aliphatic rings. The fraction of sp³-hybridized carbons (Fsp3) is 0.154. The van der Waals surface area contributed by atoms with Gasteiger partial charge in [0.15, 0.2) is 12.4 Å². The zero-order valence-electron chi connectivity index (χ0n) is 8.57. The molecular weight excluding hydrogens is 170 g/mol. The lowest BCUT2D eigenvalue weighted by molar-refractivity contribution is -0.671. The molecule has 0 saturated heterocycles. The van der Waals surface area contributed by atoms with Gasteiger partial charge in [-0.1, -0.05) is 29.8 Å². The third kappa shape index (κ3) is 1.82. The van der Waals surface area contributed by atoms with Gasteiger partial charge in [-0.25, -0.2) is 4.57 Å². The number of benzene rings is 1. The molecule has 0 fully saturated rings. The Bertz CT molecular complexity index is 429. The van der Waals surface area contributed by atoms with E-state index in [1.54, 1.807) is 0 Å². The summed E-state index contributed by atoms with van der Waals surface area (Å²) in [7, 11) is 2.03. The maximum atomic E-state index is 2.20. The van der Waals surface area contributed by atoms with Gasteiger partial charge in [0.05, 0.1) is 0 Å². The lowest BCUT2D eigenvalue weighted by Gasteiger charge is -2.00. The SMILES string of the molecule is Cc1cccc(-c2cc[n+](C)cc2)c1. The molecule has 0 aliphatic heterocycles. The van der Waals surface area contributed by atoms with Crippen LogP contribution < -0.4 is 4.57 Å². The van der Waals surface area contributed by atoms with Gasteiger partial charge in [0.1, 0.15) is 7.05 Å². The van der Waals surface area contributed by atoms with Crippen molar-refractivity contribution in [2.75, 3.05) is 0 Å². The minimum Gasteiger partial charge on any atom is -0.208 e. The summed E-state index contributed by atoms with van der Waals surface area (Å²) < 4.78 is 2.04. The Kier molecular flexibility index (Phi) is 2.32. The van der Waals surface area contributed by atoms with Crippen LogP contribution in [-0.2, 0) is 7.05 Å². The molecule has 14 heavy (non-hydrogen) atoms. The summed E-state index contributed by atoms with van der Waals surface area (Å²) >= 11 is 0. The quantitative estimate of drug-likeness (QED) is 0.599. The molecule has 1 aromatic carbocycles. The monoisotopic (exact) mass is 184 g/mol. The van der Waals surface area contributed by atoms with Gasteiger partial charge in [-0.3, -0.25) is 0 Å². The van der Waals surface area contributed by atoms with Crippen LogP contribution in [0.25, 0.3) is 11.1 Å². The van der Waals surface area contributed by atoms with Crippen LogP contribution in [0.5, 0.6) is 0 Å². The van der Waals surface area contributed by atoms with E-state index in [9.17, 15) is 0 Å². The van der Waals surface area contributed by atoms with E-state index in [2.05, 4.69) is 55.7 Å². The van der Waals surface area contributed by atoms with Crippen LogP contribution in [0.3, 0.4) is 0 Å². The van der Waals surface area contributed by atoms with E-state index in [1.165, 1.54) is 16.7 Å². The zero-order chi connectivity index (χ0) is 9.97. The molecule has 1 heterocycles. The molecule has 0 aliphatic carbocycles. The summed E-state index contributed by atoms with van der Waals surface area (Å²) in [6, 6.07) is 12.8. The molecule has 1 aromatic heterocycles. The molecule has 0 radical (unpaired) electrons. The topological polar surface area (TPSA) is 3.88 Å². The average molecular weight is 184 g/mol. The molecule has 0 spiro atoms. The Hall–Kier alpha value is -1.63. The Morgan fingerprint density at radius 1 is 0.929 bits per heavy atom. The van der Waals surface area contributed by atoms with E-state index in [-0.39, 0.29) is 0 Å². The maximum absolute atomic E-state index is 2.20. The van der Waals surface area contributed by atoms with Crippen LogP contribution in [0, 0.1) is 6.92 Å². The van der Waals surface area contributed by atoms with Gasteiger partial charge < -0.3 is 0 Å². The second kappa shape index (κ2) is 3.62. The highest BCUT2D eigenvalue weighted by atomic mass is 14.9. The summed E-state index contributed by atoms with van der Waals surface area (Å²) in [4.78, 5) is 0. The second-order valence-electron chi connectivity index (χ2n) is 3.62. The third-order valence-corrected chi connectivity index (χ3v) is 2.33. The van der Waals surface area contributed by atoms with Crippen molar-refractivity contribution in [2.24, 2.45) is 7.05 Å². The number of hydrogen-bond acceptors (Lipinski definition) is 0. The highest BCUT2D eigenvalue weighted by Crippen LogP contribution is 2.18. The molecule has 0 saturated carbocycles. The zero-order valence-corrected chi connectivity index (χ0v) is 8.57. The predicted molar refractivity (Wildman–Crippen MR) is 57.8 cm³/mol. The van der Waals surface area contributed by atoms with Crippen molar-refractivity contribution in [3.63, 3.8) is 0 Å². The van der Waals surface area contributed by atoms with Crippen molar-refractivity contribution in [3.05, 3.63) is 54.4 Å². The van der Waals surface area contributed by atoms with Crippen molar-refractivity contribution in [2.45, 2.75) is 6.92 Å². The van der Waals surface area contributed by atoms with E-state index in [1.807, 2.05) is 11.6 Å². The summed E-state index contributed by atoms with van der Waals surface area (Å²) in [5, 5.41) is 0. The highest BCUT2D eigenvalue weighted by Gasteiger charge is 1.98. The van der Waals surface area contributed by atoms with Crippen molar-refractivity contribution < 1.29 is 4.57 Å². The predicted octanol–water partition coefficient (Wildman–Crippen LogP) is 2.49. The first-order chi connectivity index (χ1) is 6.75. The Balaban J connectivity index is 2.44. The molecular formula is C13H14N+. The van der Waals surface area contributed by atoms with Crippen LogP contribution in [-0.4, -0.2) is 0 Å². The summed E-state index contributed by atoms with van der Waals surface area (Å²) in [6.07, 6.45) is 4.13. The van der Waals surface area contributed by atoms with E-state index < -0.39 is 0 Å². The summed E-state index contributed by atoms with van der Waals surface area (Å²) in [6.45, 7) is 2.12. The fourth-order valence-electron chi connectivity index (χ4n) is 1.52. The van der Waals surface area contributed by atoms with Gasteiger partial charge in [-0.15, -0.1) is 0 Å². The molecule has 1 heteroatoms. The van der Waals surface area contributed by atoms with Gasteiger partial charge in [-0.05, 0) is 18.1 Å². The molecule has 0 atom stereocenters. The number of aryl methyl sites for hydroxylation is 2. The van der Waals surface area contributed by atoms with Gasteiger partial charge in [0, 0.05) is 12.1 Å². The largest absolute Gasteiger partial charge is 0.208 e. The van der Waals surface area contributed by atoms with E-state index in [4.69, 9.17) is 0 Å². The molecule has 1 nitrogen and oxygen atoms in total. The lowest BCUT2D eigenvalue weighted by atomic mass is 10.1. The average Bonchev–Trinajstić information content (AvgIpc) is 2.19. The Labute approximate surface area is 84.6 Å². The minimum absolute atomic E-state index is 1.27. The van der Waals surface area contributed by atoms with Crippen LogP contribution in [0.4, 0.5) is 0 Å². The molecule has 0 N–H and O–H groups in total. The molecule has 2 aromatic rings. The number of nitrogens with zero attached hydrogens (tertiary/aromatic N) is 1. The highest BCUT2D eigenvalue weighted by molar-refractivity contribution is 5.62. The van der Waals surface area contributed by atoms with Crippen LogP contribution in [0.1, 0.15) is 5.56 Å². The molecule has 0 bridgehead atoms. The van der Waals surface area contributed by atoms with Crippen molar-refractivity contribution >= 4 is 0 Å². The van der Waals surface area contributed by atoms with Crippen LogP contribution in [0.2, 0.25) is 0 Å². The first-order valence-electron chi connectivity index (χ1n) is 4.78. The van der Waals surface area contributed by atoms with Gasteiger partial charge in [-0.2, -0.15) is 0 Å². The number of rotatable bonds is 1. The van der Waals surface area contributed by atoms with Gasteiger partial charge in [0.25, 0.3) is 0 Å². The number of aromatic nitrogens is 1. The first-order valence-corrected chi connectivity index (χ1v) is 4.78. The Morgan fingerprint density at radius 2 is 1.64 bits per heavy atom. The molecule has 0 unspecified atom stereocenters. The van der Waals surface area contributed by atoms with Crippen molar-refractivity contribution in [3.8, 4) is 11.1 Å². The van der Waals surface area contributed by atoms with Crippen molar-refractivity contribution in [1.82, 2.24) is 0 Å². The fourth-order valence-corrected chi connectivity index (χ4v) is 1.52. The minimum atomic E-state index is 1.27. The van der Waals surface area contributed by atoms with Crippen LogP contribution in [0.15, 0.2) is 48.8 Å². The number of pyridine rings is 1. The first kappa shape index (κ1) is 8.95. The smallest absolute Gasteiger partial charge is 0.169 e. The van der Waals surface area contributed by atoms with E-state index in [0.29, 0.717) is 0 Å². The van der Waals surface area contributed by atoms with Gasteiger partial charge >= 0.3 is 0 Å². The lowest BCUT2D eigenvalue weighted by Crippen LogP contribution is -2.25. The maximum Gasteiger partial charge on any atom is 0.169 e. The number of hydrogen-bond donors (Lipinski definition) is 0. The normalized spacial score (nSPS) is 10.1. The Morgan fingerprint density at radius 3 is 2.29 bits per heavy atom. The third-order valence-electron chi connectivity index (χ3n) is 2.33.